The van der Waals surface area contributed by atoms with E-state index in [0.29, 0.717) is 11.6 Å². The highest BCUT2D eigenvalue weighted by Gasteiger charge is 2.13. The molecular formula is C18H17FN4O2S2. The first kappa shape index (κ1) is 19.2. The third kappa shape index (κ3) is 5.01. The van der Waals surface area contributed by atoms with Crippen LogP contribution >= 0.6 is 23.1 Å². The van der Waals surface area contributed by atoms with Crippen molar-refractivity contribution < 1.29 is 14.0 Å². The second-order valence-electron chi connectivity index (χ2n) is 5.60. The molecule has 0 fully saturated rings. The first-order valence-electron chi connectivity index (χ1n) is 8.27. The Morgan fingerprint density at radius 2 is 2.00 bits per heavy atom. The van der Waals surface area contributed by atoms with Gasteiger partial charge in [-0.25, -0.2) is 19.2 Å². The zero-order valence-electron chi connectivity index (χ0n) is 14.5. The van der Waals surface area contributed by atoms with Gasteiger partial charge in [-0.15, -0.1) is 11.3 Å². The van der Waals surface area contributed by atoms with Crippen LogP contribution in [0.3, 0.4) is 0 Å². The van der Waals surface area contributed by atoms with Gasteiger partial charge in [0.2, 0.25) is 5.91 Å². The Hall–Kier alpha value is -2.52. The molecule has 140 valence electrons. The second-order valence-corrected chi connectivity index (χ2v) is 7.62. The normalized spacial score (nSPS) is 10.7. The fraction of sp³-hybridized carbons (Fsp3) is 0.222. The number of halogens is 1. The van der Waals surface area contributed by atoms with E-state index in [2.05, 4.69) is 20.6 Å². The summed E-state index contributed by atoms with van der Waals surface area (Å²) in [5.41, 5.74) is 1.65. The molecule has 3 aromatic rings. The van der Waals surface area contributed by atoms with Gasteiger partial charge in [-0.3, -0.25) is 10.1 Å². The Morgan fingerprint density at radius 3 is 2.74 bits per heavy atom. The fourth-order valence-corrected chi connectivity index (χ4v) is 4.27. The number of rotatable bonds is 6. The lowest BCUT2D eigenvalue weighted by Gasteiger charge is -2.05. The van der Waals surface area contributed by atoms with Crippen molar-refractivity contribution in [3.63, 3.8) is 0 Å². The maximum Gasteiger partial charge on any atom is 0.321 e. The Bertz CT molecular complexity index is 960. The van der Waals surface area contributed by atoms with E-state index in [0.717, 1.165) is 27.1 Å². The average molecular weight is 404 g/mol. The number of benzene rings is 1. The Kier molecular flexibility index (Phi) is 6.36. The van der Waals surface area contributed by atoms with Crippen molar-refractivity contribution in [2.24, 2.45) is 0 Å². The minimum absolute atomic E-state index is 0.0649. The molecule has 0 aliphatic rings. The molecule has 0 aliphatic heterocycles. The molecule has 27 heavy (non-hydrogen) atoms. The quantitative estimate of drug-likeness (QED) is 0.482. The number of nitrogens with one attached hydrogen (secondary N) is 2. The van der Waals surface area contributed by atoms with Crippen LogP contribution in [0.15, 0.2) is 41.7 Å². The summed E-state index contributed by atoms with van der Waals surface area (Å²) in [7, 11) is 0. The topological polar surface area (TPSA) is 84.0 Å². The molecule has 0 radical (unpaired) electrons. The van der Waals surface area contributed by atoms with Crippen LogP contribution in [0.2, 0.25) is 0 Å². The van der Waals surface area contributed by atoms with E-state index < -0.39 is 11.9 Å². The zero-order chi connectivity index (χ0) is 19.2. The maximum atomic E-state index is 13.1. The number of carbonyl (C=O) groups is 2. The van der Waals surface area contributed by atoms with Crippen LogP contribution in [0.1, 0.15) is 13.3 Å². The van der Waals surface area contributed by atoms with Crippen LogP contribution in [0.4, 0.5) is 9.18 Å². The first-order valence-corrected chi connectivity index (χ1v) is 10.1. The van der Waals surface area contributed by atoms with E-state index in [1.165, 1.54) is 41.6 Å². The van der Waals surface area contributed by atoms with Crippen LogP contribution in [-0.4, -0.2) is 34.2 Å². The molecule has 3 amide bonds. The Labute approximate surface area is 163 Å². The molecule has 0 saturated carbocycles. The molecule has 0 saturated heterocycles. The Balaban J connectivity index is 1.71. The van der Waals surface area contributed by atoms with Gasteiger partial charge < -0.3 is 5.32 Å². The van der Waals surface area contributed by atoms with Gasteiger partial charge in [-0.2, -0.15) is 0 Å². The second kappa shape index (κ2) is 8.92. The van der Waals surface area contributed by atoms with E-state index in [1.807, 2.05) is 13.0 Å². The molecule has 9 heteroatoms. The molecule has 2 heterocycles. The van der Waals surface area contributed by atoms with Crippen LogP contribution in [0.5, 0.6) is 0 Å². The summed E-state index contributed by atoms with van der Waals surface area (Å²) in [6.45, 7) is 2.44. The lowest BCUT2D eigenvalue weighted by atomic mass is 10.2. The van der Waals surface area contributed by atoms with Crippen LogP contribution in [0.25, 0.3) is 20.7 Å². The Morgan fingerprint density at radius 1 is 1.22 bits per heavy atom. The summed E-state index contributed by atoms with van der Waals surface area (Å²) < 4.78 is 14.0. The minimum atomic E-state index is -0.495. The maximum absolute atomic E-state index is 13.1. The highest BCUT2D eigenvalue weighted by Crippen LogP contribution is 2.36. The molecule has 6 nitrogen and oxygen atoms in total. The summed E-state index contributed by atoms with van der Waals surface area (Å²) in [4.78, 5) is 32.9. The van der Waals surface area contributed by atoms with Gasteiger partial charge in [0.15, 0.2) is 0 Å². The largest absolute Gasteiger partial charge is 0.338 e. The molecule has 0 aliphatic carbocycles. The lowest BCUT2D eigenvalue weighted by molar-refractivity contribution is -0.117. The summed E-state index contributed by atoms with van der Waals surface area (Å²) in [5, 5.41) is 5.54. The first-order chi connectivity index (χ1) is 13.1. The summed E-state index contributed by atoms with van der Waals surface area (Å²) >= 11 is 2.72. The smallest absolute Gasteiger partial charge is 0.321 e. The van der Waals surface area contributed by atoms with Crippen molar-refractivity contribution in [1.29, 1.82) is 0 Å². The molecule has 2 aromatic heterocycles. The predicted octanol–water partition coefficient (Wildman–Crippen LogP) is 3.83. The van der Waals surface area contributed by atoms with Gasteiger partial charge in [0.25, 0.3) is 0 Å². The van der Waals surface area contributed by atoms with Crippen molar-refractivity contribution in [2.45, 2.75) is 18.4 Å². The number of aromatic nitrogens is 2. The highest BCUT2D eigenvalue weighted by atomic mass is 32.2. The van der Waals surface area contributed by atoms with Gasteiger partial charge in [0.1, 0.15) is 17.2 Å². The molecule has 0 atom stereocenters. The molecule has 0 spiro atoms. The van der Waals surface area contributed by atoms with Crippen LogP contribution in [-0.2, 0) is 4.79 Å². The molecule has 0 unspecified atom stereocenters. The van der Waals surface area contributed by atoms with Crippen molar-refractivity contribution >= 4 is 45.3 Å². The minimum Gasteiger partial charge on any atom is -0.338 e. The van der Waals surface area contributed by atoms with Gasteiger partial charge in [0, 0.05) is 11.4 Å². The highest BCUT2D eigenvalue weighted by molar-refractivity contribution is 8.00. The fourth-order valence-electron chi connectivity index (χ4n) is 2.27. The van der Waals surface area contributed by atoms with Crippen LogP contribution in [0, 0.1) is 5.82 Å². The van der Waals surface area contributed by atoms with E-state index in [9.17, 15) is 14.0 Å². The number of thioether (sulfide) groups is 1. The number of fused-ring (bicyclic) bond motifs is 1. The SMILES string of the molecule is CCCNC(=O)NC(=O)CSc1ncnc2cc(-c3ccc(F)cc3)sc12. The number of thiophene rings is 1. The van der Waals surface area contributed by atoms with Gasteiger partial charge in [0.05, 0.1) is 16.0 Å². The van der Waals surface area contributed by atoms with E-state index in [1.54, 1.807) is 12.1 Å². The number of urea groups is 1. The molecule has 1 aromatic carbocycles. The van der Waals surface area contributed by atoms with Gasteiger partial charge >= 0.3 is 6.03 Å². The van der Waals surface area contributed by atoms with Crippen molar-refractivity contribution in [3.05, 3.63) is 42.5 Å². The van der Waals surface area contributed by atoms with Gasteiger partial charge in [-0.1, -0.05) is 30.8 Å². The molecule has 0 bridgehead atoms. The number of nitrogens with zero attached hydrogens (tertiary/aromatic N) is 2. The summed E-state index contributed by atoms with van der Waals surface area (Å²) in [6.07, 6.45) is 2.24. The summed E-state index contributed by atoms with van der Waals surface area (Å²) in [5.74, 6) is -0.615. The third-order valence-corrected chi connectivity index (χ3v) is 5.83. The molecule has 3 rings (SSSR count). The van der Waals surface area contributed by atoms with E-state index in [-0.39, 0.29) is 11.6 Å². The van der Waals surface area contributed by atoms with Crippen molar-refractivity contribution in [2.75, 3.05) is 12.3 Å². The predicted molar refractivity (Wildman–Crippen MR) is 105 cm³/mol. The van der Waals surface area contributed by atoms with Crippen molar-refractivity contribution in [3.8, 4) is 10.4 Å². The molecular weight excluding hydrogens is 387 g/mol. The lowest BCUT2D eigenvalue weighted by Crippen LogP contribution is -2.40. The van der Waals surface area contributed by atoms with Crippen molar-refractivity contribution in [1.82, 2.24) is 20.6 Å². The average Bonchev–Trinajstić information content (AvgIpc) is 3.10. The number of hydrogen-bond acceptors (Lipinski definition) is 6. The number of imide groups is 1. The zero-order valence-corrected chi connectivity index (χ0v) is 16.1. The van der Waals surface area contributed by atoms with Crippen LogP contribution < -0.4 is 10.6 Å². The monoisotopic (exact) mass is 404 g/mol. The number of carbonyl (C=O) groups excluding carboxylic acids is 2. The number of hydrogen-bond donors (Lipinski definition) is 2. The van der Waals surface area contributed by atoms with Gasteiger partial charge in [-0.05, 0) is 30.2 Å². The summed E-state index contributed by atoms with van der Waals surface area (Å²) in [6, 6.07) is 7.66. The number of amides is 3. The standard InChI is InChI=1S/C18H17FN4O2S2/c1-2-7-20-18(25)23-15(24)9-26-17-16-13(21-10-22-17)8-14(27-16)11-3-5-12(19)6-4-11/h3-6,8,10H,2,7,9H2,1H3,(H2,20,23,24,25). The van der Waals surface area contributed by atoms with E-state index in [4.69, 9.17) is 0 Å². The third-order valence-electron chi connectivity index (χ3n) is 3.54. The van der Waals surface area contributed by atoms with E-state index >= 15 is 0 Å². The molecule has 2 N–H and O–H groups in total.